The maximum Gasteiger partial charge on any atom is 0.259 e. The number of piperidine rings is 2. The van der Waals surface area contributed by atoms with Crippen LogP contribution >= 0.6 is 12.4 Å². The third kappa shape index (κ3) is 6.93. The van der Waals surface area contributed by atoms with Crippen LogP contribution in [0.4, 0.5) is 29.2 Å². The van der Waals surface area contributed by atoms with Crippen LogP contribution in [0.5, 0.6) is 5.75 Å². The number of anilines is 5. The van der Waals surface area contributed by atoms with Crippen LogP contribution in [0.15, 0.2) is 60.7 Å². The van der Waals surface area contributed by atoms with Crippen LogP contribution in [0.25, 0.3) is 10.8 Å². The van der Waals surface area contributed by atoms with E-state index >= 15 is 0 Å². The molecule has 0 bridgehead atoms. The fourth-order valence-corrected chi connectivity index (χ4v) is 5.65. The lowest BCUT2D eigenvalue weighted by Crippen LogP contribution is -2.53. The summed E-state index contributed by atoms with van der Waals surface area (Å²) in [6, 6.07) is 17.4. The number of aliphatic hydroxyl groups excluding tert-OH is 2. The van der Waals surface area contributed by atoms with Gasteiger partial charge in [0.25, 0.3) is 5.91 Å². The molecule has 3 heterocycles. The first kappa shape index (κ1) is 31.2. The van der Waals surface area contributed by atoms with Gasteiger partial charge in [0, 0.05) is 61.4 Å². The number of β-amino-alcohol motifs (C(OH)–C–C–N with tert-alkyl or cyclic N) is 2. The highest BCUT2D eigenvalue weighted by Gasteiger charge is 2.29. The largest absolute Gasteiger partial charge is 0.506 e. The van der Waals surface area contributed by atoms with E-state index in [9.17, 15) is 20.1 Å². The number of amides is 1. The van der Waals surface area contributed by atoms with Gasteiger partial charge in [0.05, 0.1) is 17.8 Å². The fraction of sp³-hybridized carbons (Fsp3) is 0.333. The van der Waals surface area contributed by atoms with Crippen LogP contribution in [0.2, 0.25) is 0 Å². The second kappa shape index (κ2) is 13.2. The van der Waals surface area contributed by atoms with Crippen LogP contribution in [-0.4, -0.2) is 86.6 Å². The van der Waals surface area contributed by atoms with Crippen LogP contribution < -0.4 is 31.9 Å². The smallest absolute Gasteiger partial charge is 0.259 e. The van der Waals surface area contributed by atoms with Crippen LogP contribution in [0.3, 0.4) is 0 Å². The van der Waals surface area contributed by atoms with E-state index < -0.39 is 18.1 Å². The molecule has 9 N–H and O–H groups in total. The van der Waals surface area contributed by atoms with E-state index in [1.54, 1.807) is 47.4 Å². The molecule has 1 amide bonds. The number of carbonyl (C=O) groups excluding carboxylic acids is 1. The normalized spacial score (nSPS) is 21.9. The number of fused-ring (bicyclic) bond motifs is 1. The number of aliphatic hydroxyl groups is 2. The number of halogens is 1. The number of nitrogens with zero attached hydrogens (tertiary/aromatic N) is 5. The number of hydrogen-bond acceptors (Lipinski definition) is 12. The highest BCUT2D eigenvalue weighted by Crippen LogP contribution is 2.30. The average molecular weight is 622 g/mol. The maximum atomic E-state index is 12.9. The Morgan fingerprint density at radius 2 is 1.36 bits per heavy atom. The van der Waals surface area contributed by atoms with E-state index in [0.29, 0.717) is 54.6 Å². The van der Waals surface area contributed by atoms with Crippen molar-refractivity contribution in [2.24, 2.45) is 11.5 Å². The Bertz CT molecular complexity index is 1560. The Labute approximate surface area is 260 Å². The van der Waals surface area contributed by atoms with Crippen molar-refractivity contribution in [2.75, 3.05) is 46.6 Å². The zero-order chi connectivity index (χ0) is 30.1. The fourth-order valence-electron chi connectivity index (χ4n) is 5.65. The number of hydrogen-bond donors (Lipinski definition) is 7. The van der Waals surface area contributed by atoms with Crippen molar-refractivity contribution < 1.29 is 20.1 Å². The van der Waals surface area contributed by atoms with Gasteiger partial charge in [-0.25, -0.2) is 0 Å². The van der Waals surface area contributed by atoms with Crippen molar-refractivity contribution in [1.29, 1.82) is 0 Å². The van der Waals surface area contributed by atoms with Crippen molar-refractivity contribution in [3.05, 3.63) is 66.2 Å². The number of rotatable bonds is 6. The van der Waals surface area contributed by atoms with Crippen molar-refractivity contribution in [3.8, 4) is 5.75 Å². The lowest BCUT2D eigenvalue weighted by molar-refractivity contribution is 0.0645. The Balaban J connectivity index is 0.00000384. The summed E-state index contributed by atoms with van der Waals surface area (Å²) >= 11 is 0. The zero-order valence-electron chi connectivity index (χ0n) is 23.9. The molecule has 2 aliphatic rings. The third-order valence-electron chi connectivity index (χ3n) is 7.64. The van der Waals surface area contributed by atoms with Crippen molar-refractivity contribution in [3.63, 3.8) is 0 Å². The minimum absolute atomic E-state index is 0. The van der Waals surface area contributed by atoms with Gasteiger partial charge in [-0.15, -0.1) is 12.4 Å². The molecule has 0 saturated carbocycles. The molecule has 2 fully saturated rings. The highest BCUT2D eigenvalue weighted by molar-refractivity contribution is 6.09. The van der Waals surface area contributed by atoms with Crippen LogP contribution in [0.1, 0.15) is 23.2 Å². The van der Waals surface area contributed by atoms with Gasteiger partial charge in [0.1, 0.15) is 5.75 Å². The van der Waals surface area contributed by atoms with Gasteiger partial charge >= 0.3 is 0 Å². The standard InChI is InChI=1S/C30H35N9O4.ClH/c31-18-11-19(32)14-38(13-18)29-35-28(36-30(37-29)39-15-22(40)12-23(41)16-39)34-21-8-6-20(7-9-21)33-27(43)25-10-5-17-3-1-2-4-24(17)26(25)42;/h1-10,18-19,22-23,40-42H,11-16,31-32H2,(H,33,43)(H,34,35,36,37);1H/t18-,19+,22-,23+;. The van der Waals surface area contributed by atoms with E-state index in [0.717, 1.165) is 5.39 Å². The number of phenols is 1. The summed E-state index contributed by atoms with van der Waals surface area (Å²) in [6.07, 6.45) is -0.431. The SMILES string of the molecule is Cl.N[C@@H]1C[C@H](N)CN(c2nc(Nc3ccc(NC(=O)c4ccc5ccccc5c4O)cc3)nc(N3C[C@H](O)C[C@H](O)C3)n2)C1. The number of aromatic nitrogens is 3. The molecule has 14 heteroatoms. The monoisotopic (exact) mass is 621 g/mol. The second-order valence-electron chi connectivity index (χ2n) is 11.2. The van der Waals surface area contributed by atoms with E-state index in [4.69, 9.17) is 11.5 Å². The van der Waals surface area contributed by atoms with Gasteiger partial charge < -0.3 is 47.2 Å². The topological polar surface area (TPSA) is 199 Å². The second-order valence-corrected chi connectivity index (χ2v) is 11.2. The summed E-state index contributed by atoms with van der Waals surface area (Å²) in [5, 5.41) is 38.6. The molecule has 6 rings (SSSR count). The Morgan fingerprint density at radius 1 is 0.773 bits per heavy atom. The molecule has 0 aliphatic carbocycles. The molecule has 1 aromatic heterocycles. The summed E-state index contributed by atoms with van der Waals surface area (Å²) in [5.41, 5.74) is 13.8. The minimum Gasteiger partial charge on any atom is -0.506 e. The number of phenolic OH excluding ortho intramolecular Hbond substituents is 1. The quantitative estimate of drug-likeness (QED) is 0.165. The number of nitrogens with two attached hydrogens (primary N) is 2. The molecule has 4 atom stereocenters. The van der Waals surface area contributed by atoms with E-state index in [-0.39, 0.29) is 54.8 Å². The number of carbonyl (C=O) groups is 1. The molecular weight excluding hydrogens is 586 g/mol. The van der Waals surface area contributed by atoms with Crippen molar-refractivity contribution in [2.45, 2.75) is 37.1 Å². The summed E-state index contributed by atoms with van der Waals surface area (Å²) in [7, 11) is 0. The van der Waals surface area contributed by atoms with E-state index in [1.807, 2.05) is 23.1 Å². The van der Waals surface area contributed by atoms with Gasteiger partial charge in [-0.2, -0.15) is 15.0 Å². The first-order valence-electron chi connectivity index (χ1n) is 14.2. The zero-order valence-corrected chi connectivity index (χ0v) is 24.7. The van der Waals surface area contributed by atoms with Crippen molar-refractivity contribution >= 4 is 58.3 Å². The van der Waals surface area contributed by atoms with Gasteiger partial charge in [0.15, 0.2) is 0 Å². The Kier molecular flexibility index (Phi) is 9.32. The number of benzene rings is 3. The minimum atomic E-state index is -0.712. The molecule has 0 radical (unpaired) electrons. The maximum absolute atomic E-state index is 12.9. The molecule has 3 aromatic carbocycles. The summed E-state index contributed by atoms with van der Waals surface area (Å²) in [6.45, 7) is 1.62. The Hall–Kier alpha value is -4.27. The predicted molar refractivity (Wildman–Crippen MR) is 172 cm³/mol. The van der Waals surface area contributed by atoms with E-state index in [2.05, 4.69) is 25.6 Å². The molecule has 232 valence electrons. The molecular formula is C30H36ClN9O4. The van der Waals surface area contributed by atoms with Gasteiger partial charge in [0.2, 0.25) is 17.8 Å². The third-order valence-corrected chi connectivity index (χ3v) is 7.64. The first-order valence-corrected chi connectivity index (χ1v) is 14.2. The molecule has 0 unspecified atom stereocenters. The van der Waals surface area contributed by atoms with E-state index in [1.165, 1.54) is 0 Å². The predicted octanol–water partition coefficient (Wildman–Crippen LogP) is 1.94. The summed E-state index contributed by atoms with van der Waals surface area (Å²) in [4.78, 5) is 30.5. The lowest BCUT2D eigenvalue weighted by atomic mass is 10.0. The summed E-state index contributed by atoms with van der Waals surface area (Å²) in [5.74, 6) is 0.475. The average Bonchev–Trinajstić information content (AvgIpc) is 2.97. The van der Waals surface area contributed by atoms with Crippen molar-refractivity contribution in [1.82, 2.24) is 15.0 Å². The molecule has 44 heavy (non-hydrogen) atoms. The molecule has 2 aliphatic heterocycles. The number of aromatic hydroxyl groups is 1. The van der Waals surface area contributed by atoms with Gasteiger partial charge in [-0.05, 0) is 42.1 Å². The molecule has 13 nitrogen and oxygen atoms in total. The highest BCUT2D eigenvalue weighted by atomic mass is 35.5. The Morgan fingerprint density at radius 3 is 2.02 bits per heavy atom. The van der Waals surface area contributed by atoms with Crippen LogP contribution in [0, 0.1) is 0 Å². The molecule has 4 aromatic rings. The van der Waals surface area contributed by atoms with Crippen LogP contribution in [-0.2, 0) is 0 Å². The van der Waals surface area contributed by atoms with Gasteiger partial charge in [-0.3, -0.25) is 4.79 Å². The number of nitrogens with one attached hydrogen (secondary N) is 2. The van der Waals surface area contributed by atoms with Gasteiger partial charge in [-0.1, -0.05) is 30.3 Å². The molecule has 2 saturated heterocycles. The summed E-state index contributed by atoms with van der Waals surface area (Å²) < 4.78 is 0. The lowest BCUT2D eigenvalue weighted by Gasteiger charge is -2.36. The first-order chi connectivity index (χ1) is 20.7. The molecule has 0 spiro atoms.